The molecule has 10 nitrogen and oxygen atoms in total. The fourth-order valence-electron chi connectivity index (χ4n) is 2.22. The van der Waals surface area contributed by atoms with Crippen molar-refractivity contribution >= 4 is 11.4 Å². The van der Waals surface area contributed by atoms with Crippen molar-refractivity contribution in [2.24, 2.45) is 0 Å². The van der Waals surface area contributed by atoms with Gasteiger partial charge in [-0.15, -0.1) is 10.2 Å². The molecule has 1 aromatic heterocycles. The normalized spacial score (nSPS) is 10.5. The summed E-state index contributed by atoms with van der Waals surface area (Å²) in [6.45, 7) is 1.60. The van der Waals surface area contributed by atoms with Gasteiger partial charge < -0.3 is 9.15 Å². The van der Waals surface area contributed by atoms with Gasteiger partial charge in [-0.2, -0.15) is 0 Å². The van der Waals surface area contributed by atoms with Crippen LogP contribution in [0.4, 0.5) is 11.4 Å². The molecule has 0 radical (unpaired) electrons. The van der Waals surface area contributed by atoms with Crippen molar-refractivity contribution in [2.45, 2.75) is 13.5 Å². The number of nitrogens with zero attached hydrogens (tertiary/aromatic N) is 4. The highest BCUT2D eigenvalue weighted by Crippen LogP contribution is 2.24. The number of hydrogen-bond donors (Lipinski definition) is 0. The van der Waals surface area contributed by atoms with Crippen LogP contribution in [0.25, 0.3) is 11.5 Å². The third-order valence-electron chi connectivity index (χ3n) is 3.52. The van der Waals surface area contributed by atoms with Gasteiger partial charge in [0, 0.05) is 29.3 Å². The Morgan fingerprint density at radius 1 is 1.04 bits per heavy atom. The molecule has 0 atom stereocenters. The van der Waals surface area contributed by atoms with Crippen molar-refractivity contribution in [3.8, 4) is 17.2 Å². The maximum Gasteiger partial charge on any atom is 0.272 e. The van der Waals surface area contributed by atoms with Crippen LogP contribution in [0.15, 0.2) is 46.9 Å². The molecule has 3 rings (SSSR count). The van der Waals surface area contributed by atoms with E-state index in [4.69, 9.17) is 9.15 Å². The van der Waals surface area contributed by atoms with E-state index in [0.717, 1.165) is 0 Å². The van der Waals surface area contributed by atoms with Crippen LogP contribution in [0, 0.1) is 27.2 Å². The molecule has 0 N–H and O–H groups in total. The van der Waals surface area contributed by atoms with Gasteiger partial charge in [0.15, 0.2) is 6.61 Å². The van der Waals surface area contributed by atoms with E-state index < -0.39 is 9.85 Å². The van der Waals surface area contributed by atoms with Gasteiger partial charge in [-0.05, 0) is 31.2 Å². The Kier molecular flexibility index (Phi) is 4.56. The lowest BCUT2D eigenvalue weighted by Gasteiger charge is -2.04. The average molecular weight is 356 g/mol. The number of nitro groups is 2. The highest BCUT2D eigenvalue weighted by Gasteiger charge is 2.13. The zero-order chi connectivity index (χ0) is 18.7. The molecule has 0 aliphatic carbocycles. The average Bonchev–Trinajstić information content (AvgIpc) is 3.09. The van der Waals surface area contributed by atoms with E-state index in [2.05, 4.69) is 10.2 Å². The molecule has 1 heterocycles. The van der Waals surface area contributed by atoms with Gasteiger partial charge in [-0.25, -0.2) is 0 Å². The molecule has 3 aromatic rings. The van der Waals surface area contributed by atoms with Gasteiger partial charge in [0.25, 0.3) is 17.3 Å². The van der Waals surface area contributed by atoms with Crippen molar-refractivity contribution in [3.63, 3.8) is 0 Å². The zero-order valence-corrected chi connectivity index (χ0v) is 13.5. The molecular weight excluding hydrogens is 344 g/mol. The zero-order valence-electron chi connectivity index (χ0n) is 13.5. The van der Waals surface area contributed by atoms with Gasteiger partial charge in [-0.1, -0.05) is 0 Å². The van der Waals surface area contributed by atoms with Crippen molar-refractivity contribution in [2.75, 3.05) is 0 Å². The van der Waals surface area contributed by atoms with Gasteiger partial charge in [0.2, 0.25) is 5.89 Å². The predicted molar refractivity (Wildman–Crippen MR) is 88.6 cm³/mol. The number of ether oxygens (including phenoxy) is 1. The molecule has 0 aliphatic rings. The molecule has 0 amide bonds. The number of aromatic nitrogens is 2. The lowest BCUT2D eigenvalue weighted by molar-refractivity contribution is -0.385. The fourth-order valence-corrected chi connectivity index (χ4v) is 2.22. The molecule has 0 spiro atoms. The van der Waals surface area contributed by atoms with E-state index >= 15 is 0 Å². The van der Waals surface area contributed by atoms with Crippen molar-refractivity contribution in [3.05, 3.63) is 74.1 Å². The summed E-state index contributed by atoms with van der Waals surface area (Å²) >= 11 is 0. The first-order chi connectivity index (χ1) is 12.4. The minimum absolute atomic E-state index is 0.00981. The third-order valence-corrected chi connectivity index (χ3v) is 3.52. The summed E-state index contributed by atoms with van der Waals surface area (Å²) in [6, 6.07) is 10.1. The molecule has 26 heavy (non-hydrogen) atoms. The van der Waals surface area contributed by atoms with Gasteiger partial charge in [0.1, 0.15) is 5.75 Å². The Bertz CT molecular complexity index is 967. The Balaban J connectivity index is 1.68. The van der Waals surface area contributed by atoms with Gasteiger partial charge in [-0.3, -0.25) is 20.2 Å². The van der Waals surface area contributed by atoms with Crippen LogP contribution < -0.4 is 4.74 Å². The second-order valence-corrected chi connectivity index (χ2v) is 5.30. The van der Waals surface area contributed by atoms with E-state index in [-0.39, 0.29) is 29.8 Å². The second kappa shape index (κ2) is 6.97. The molecule has 0 bridgehead atoms. The predicted octanol–water partition coefficient (Wildman–Crippen LogP) is 3.44. The smallest absolute Gasteiger partial charge is 0.272 e. The second-order valence-electron chi connectivity index (χ2n) is 5.30. The van der Waals surface area contributed by atoms with Crippen LogP contribution in [-0.4, -0.2) is 20.0 Å². The van der Waals surface area contributed by atoms with Crippen LogP contribution in [0.3, 0.4) is 0 Å². The minimum atomic E-state index is -0.497. The first-order valence-corrected chi connectivity index (χ1v) is 7.39. The number of hydrogen-bond acceptors (Lipinski definition) is 8. The lowest BCUT2D eigenvalue weighted by atomic mass is 10.2. The molecule has 0 saturated heterocycles. The van der Waals surface area contributed by atoms with E-state index in [1.165, 1.54) is 36.4 Å². The Hall–Kier alpha value is -3.82. The number of rotatable bonds is 6. The maximum atomic E-state index is 10.8. The SMILES string of the molecule is Cc1cc(OCc2nnc(-c3ccc([N+](=O)[O-])cc3)o2)ccc1[N+](=O)[O-]. The standard InChI is InChI=1S/C16H12N4O6/c1-10-8-13(6-7-14(10)20(23)24)25-9-15-17-18-16(26-15)11-2-4-12(5-3-11)19(21)22/h2-8H,9H2,1H3. The highest BCUT2D eigenvalue weighted by atomic mass is 16.6. The number of non-ortho nitro benzene ring substituents is 1. The van der Waals surface area contributed by atoms with E-state index in [1.54, 1.807) is 13.0 Å². The molecule has 0 saturated carbocycles. The van der Waals surface area contributed by atoms with Crippen LogP contribution in [0.1, 0.15) is 11.5 Å². The largest absolute Gasteiger partial charge is 0.484 e. The van der Waals surface area contributed by atoms with Crippen molar-refractivity contribution in [1.82, 2.24) is 10.2 Å². The molecular formula is C16H12N4O6. The van der Waals surface area contributed by atoms with Crippen LogP contribution in [0.2, 0.25) is 0 Å². The molecule has 132 valence electrons. The van der Waals surface area contributed by atoms with Crippen LogP contribution in [-0.2, 0) is 6.61 Å². The molecule has 0 unspecified atom stereocenters. The Labute approximate surface area is 146 Å². The van der Waals surface area contributed by atoms with Crippen molar-refractivity contribution in [1.29, 1.82) is 0 Å². The van der Waals surface area contributed by atoms with Crippen LogP contribution in [0.5, 0.6) is 5.75 Å². The third kappa shape index (κ3) is 3.64. The maximum absolute atomic E-state index is 10.8. The van der Waals surface area contributed by atoms with Crippen LogP contribution >= 0.6 is 0 Å². The first kappa shape index (κ1) is 17.0. The minimum Gasteiger partial charge on any atom is -0.484 e. The molecule has 10 heteroatoms. The topological polar surface area (TPSA) is 134 Å². The molecule has 2 aromatic carbocycles. The summed E-state index contributed by atoms with van der Waals surface area (Å²) in [7, 11) is 0. The summed E-state index contributed by atoms with van der Waals surface area (Å²) in [5.41, 5.74) is 0.992. The molecule has 0 aliphatic heterocycles. The molecule has 0 fully saturated rings. The summed E-state index contributed by atoms with van der Waals surface area (Å²) in [5, 5.41) is 29.2. The number of benzene rings is 2. The highest BCUT2D eigenvalue weighted by molar-refractivity contribution is 5.55. The van der Waals surface area contributed by atoms with E-state index in [1.807, 2.05) is 0 Å². The summed E-state index contributed by atoms with van der Waals surface area (Å²) in [6.07, 6.45) is 0. The summed E-state index contributed by atoms with van der Waals surface area (Å²) in [5.74, 6) is 0.843. The Morgan fingerprint density at radius 3 is 2.38 bits per heavy atom. The summed E-state index contributed by atoms with van der Waals surface area (Å²) in [4.78, 5) is 20.5. The monoisotopic (exact) mass is 356 g/mol. The number of aryl methyl sites for hydroxylation is 1. The Morgan fingerprint density at radius 2 is 1.77 bits per heavy atom. The van der Waals surface area contributed by atoms with E-state index in [9.17, 15) is 20.2 Å². The van der Waals surface area contributed by atoms with Gasteiger partial charge in [0.05, 0.1) is 9.85 Å². The van der Waals surface area contributed by atoms with E-state index in [0.29, 0.717) is 16.9 Å². The summed E-state index contributed by atoms with van der Waals surface area (Å²) < 4.78 is 11.0. The number of nitro benzene ring substituents is 2. The van der Waals surface area contributed by atoms with Crippen molar-refractivity contribution < 1.29 is 19.0 Å². The fraction of sp³-hybridized carbons (Fsp3) is 0.125. The van der Waals surface area contributed by atoms with Gasteiger partial charge >= 0.3 is 0 Å². The first-order valence-electron chi connectivity index (χ1n) is 7.39. The quantitative estimate of drug-likeness (QED) is 0.484. The lowest BCUT2D eigenvalue weighted by Crippen LogP contribution is -1.97.